The van der Waals surface area contributed by atoms with Gasteiger partial charge in [0.25, 0.3) is 11.8 Å². The Labute approximate surface area is 136 Å². The van der Waals surface area contributed by atoms with E-state index in [1.807, 2.05) is 0 Å². The van der Waals surface area contributed by atoms with E-state index >= 15 is 0 Å². The van der Waals surface area contributed by atoms with Gasteiger partial charge in [0.2, 0.25) is 0 Å². The van der Waals surface area contributed by atoms with E-state index in [9.17, 15) is 18.4 Å². The number of hydrogen-bond acceptors (Lipinski definition) is 3. The lowest BCUT2D eigenvalue weighted by Crippen LogP contribution is -2.41. The Bertz CT molecular complexity index is 778. The van der Waals surface area contributed by atoms with Crippen molar-refractivity contribution in [3.63, 3.8) is 0 Å². The lowest BCUT2D eigenvalue weighted by atomic mass is 10.2. The van der Waals surface area contributed by atoms with Crippen molar-refractivity contribution in [1.29, 1.82) is 0 Å². The number of nitrogens with one attached hydrogen (secondary N) is 1. The summed E-state index contributed by atoms with van der Waals surface area (Å²) in [6, 6.07) is 9.61. The minimum absolute atomic E-state index is 0.0151. The monoisotopic (exact) mass is 332 g/mol. The largest absolute Gasteiger partial charge is 0.370 e. The summed E-state index contributed by atoms with van der Waals surface area (Å²) < 4.78 is 31.1. The molecule has 0 unspecified atom stereocenters. The number of anilines is 2. The van der Waals surface area contributed by atoms with E-state index in [4.69, 9.17) is 4.74 Å². The van der Waals surface area contributed by atoms with Gasteiger partial charge in [0.1, 0.15) is 6.61 Å². The van der Waals surface area contributed by atoms with Gasteiger partial charge < -0.3 is 15.0 Å². The predicted molar refractivity (Wildman–Crippen MR) is 83.9 cm³/mol. The number of hydrogen-bond donors (Lipinski definition) is 1. The smallest absolute Gasteiger partial charge is 0.255 e. The molecule has 1 N–H and O–H groups in total. The summed E-state index contributed by atoms with van der Waals surface area (Å²) in [5.41, 5.74) is 1.20. The highest BCUT2D eigenvalue weighted by Crippen LogP contribution is 2.20. The molecular formula is C17H14F2N2O3. The Morgan fingerprint density at radius 3 is 2.50 bits per heavy atom. The topological polar surface area (TPSA) is 58.6 Å². The molecule has 24 heavy (non-hydrogen) atoms. The Hall–Kier alpha value is -2.80. The van der Waals surface area contributed by atoms with E-state index in [1.54, 1.807) is 29.2 Å². The summed E-state index contributed by atoms with van der Waals surface area (Å²) in [5.74, 6) is -2.76. The van der Waals surface area contributed by atoms with Gasteiger partial charge in [-0.25, -0.2) is 8.78 Å². The molecule has 0 aliphatic carbocycles. The molecule has 0 radical (unpaired) electrons. The van der Waals surface area contributed by atoms with Gasteiger partial charge in [0, 0.05) is 23.5 Å². The zero-order valence-corrected chi connectivity index (χ0v) is 12.6. The molecule has 5 nitrogen and oxygen atoms in total. The van der Waals surface area contributed by atoms with Crippen LogP contribution in [-0.4, -0.2) is 31.6 Å². The van der Waals surface area contributed by atoms with Crippen LogP contribution in [0.3, 0.4) is 0 Å². The predicted octanol–water partition coefficient (Wildman–Crippen LogP) is 2.58. The SMILES string of the molecule is O=C(Nc1ccc(N2CCOCC2=O)cc1)c1ccc(F)c(F)c1. The highest BCUT2D eigenvalue weighted by Gasteiger charge is 2.20. The third kappa shape index (κ3) is 3.41. The van der Waals surface area contributed by atoms with Crippen LogP contribution in [-0.2, 0) is 9.53 Å². The Kier molecular flexibility index (Phi) is 4.52. The van der Waals surface area contributed by atoms with Gasteiger partial charge in [-0.15, -0.1) is 0 Å². The number of halogens is 2. The fourth-order valence-electron chi connectivity index (χ4n) is 2.36. The second-order valence-electron chi connectivity index (χ2n) is 5.23. The number of carbonyl (C=O) groups excluding carboxylic acids is 2. The van der Waals surface area contributed by atoms with Crippen molar-refractivity contribution in [3.8, 4) is 0 Å². The first kappa shape index (κ1) is 16.1. The highest BCUT2D eigenvalue weighted by atomic mass is 19.2. The van der Waals surface area contributed by atoms with Crippen LogP contribution in [0.4, 0.5) is 20.2 Å². The third-order valence-corrected chi connectivity index (χ3v) is 3.60. The van der Waals surface area contributed by atoms with Gasteiger partial charge in [-0.2, -0.15) is 0 Å². The van der Waals surface area contributed by atoms with Gasteiger partial charge >= 0.3 is 0 Å². The molecule has 0 saturated carbocycles. The van der Waals surface area contributed by atoms with Crippen molar-refractivity contribution in [2.75, 3.05) is 30.0 Å². The summed E-state index contributed by atoms with van der Waals surface area (Å²) >= 11 is 0. The zero-order valence-electron chi connectivity index (χ0n) is 12.6. The molecule has 7 heteroatoms. The van der Waals surface area contributed by atoms with Gasteiger partial charge in [-0.1, -0.05) is 0 Å². The van der Waals surface area contributed by atoms with Crippen LogP contribution >= 0.6 is 0 Å². The van der Waals surface area contributed by atoms with Gasteiger partial charge in [0.15, 0.2) is 11.6 Å². The molecule has 0 spiro atoms. The molecule has 1 heterocycles. The second kappa shape index (κ2) is 6.76. The van der Waals surface area contributed by atoms with Crippen LogP contribution in [0.1, 0.15) is 10.4 Å². The number of benzene rings is 2. The summed E-state index contributed by atoms with van der Waals surface area (Å²) in [6.07, 6.45) is 0. The molecule has 0 atom stereocenters. The molecule has 3 rings (SSSR count). The lowest BCUT2D eigenvalue weighted by Gasteiger charge is -2.26. The minimum atomic E-state index is -1.08. The van der Waals surface area contributed by atoms with Crippen molar-refractivity contribution in [1.82, 2.24) is 0 Å². The first-order valence-corrected chi connectivity index (χ1v) is 7.29. The third-order valence-electron chi connectivity index (χ3n) is 3.60. The molecule has 2 amide bonds. The van der Waals surface area contributed by atoms with Gasteiger partial charge in [0.05, 0.1) is 6.61 Å². The standard InChI is InChI=1S/C17H14F2N2O3/c18-14-6-1-11(9-15(14)19)17(23)20-12-2-4-13(5-3-12)21-7-8-24-10-16(21)22/h1-6,9H,7-8,10H2,(H,20,23). The van der Waals surface area contributed by atoms with E-state index in [0.29, 0.717) is 24.5 Å². The Morgan fingerprint density at radius 2 is 1.83 bits per heavy atom. The van der Waals surface area contributed by atoms with Crippen molar-refractivity contribution < 1.29 is 23.1 Å². The van der Waals surface area contributed by atoms with Crippen molar-refractivity contribution >= 4 is 23.2 Å². The maximum absolute atomic E-state index is 13.2. The number of morpholine rings is 1. The molecule has 1 aliphatic heterocycles. The molecule has 0 aromatic heterocycles. The van der Waals surface area contributed by atoms with Gasteiger partial charge in [-0.05, 0) is 42.5 Å². The molecule has 1 fully saturated rings. The van der Waals surface area contributed by atoms with Gasteiger partial charge in [-0.3, -0.25) is 9.59 Å². The van der Waals surface area contributed by atoms with Crippen LogP contribution in [0.2, 0.25) is 0 Å². The molecular weight excluding hydrogens is 318 g/mol. The minimum Gasteiger partial charge on any atom is -0.370 e. The average Bonchev–Trinajstić information content (AvgIpc) is 2.58. The molecule has 1 aliphatic rings. The maximum Gasteiger partial charge on any atom is 0.255 e. The highest BCUT2D eigenvalue weighted by molar-refractivity contribution is 6.04. The number of amides is 2. The quantitative estimate of drug-likeness (QED) is 0.940. The van der Waals surface area contributed by atoms with Crippen molar-refractivity contribution in [2.45, 2.75) is 0 Å². The van der Waals surface area contributed by atoms with Crippen LogP contribution in [0, 0.1) is 11.6 Å². The van der Waals surface area contributed by atoms with Crippen LogP contribution in [0.5, 0.6) is 0 Å². The number of rotatable bonds is 3. The molecule has 0 bridgehead atoms. The summed E-state index contributed by atoms with van der Waals surface area (Å²) in [6.45, 7) is 0.994. The van der Waals surface area contributed by atoms with Crippen molar-refractivity contribution in [2.24, 2.45) is 0 Å². The summed E-state index contributed by atoms with van der Waals surface area (Å²) in [7, 11) is 0. The number of ether oxygens (including phenoxy) is 1. The lowest BCUT2D eigenvalue weighted by molar-refractivity contribution is -0.125. The number of carbonyl (C=O) groups is 2. The summed E-state index contributed by atoms with van der Waals surface area (Å²) in [5, 5.41) is 2.59. The fraction of sp³-hybridized carbons (Fsp3) is 0.176. The molecule has 2 aromatic carbocycles. The molecule has 1 saturated heterocycles. The Morgan fingerprint density at radius 1 is 1.08 bits per heavy atom. The number of nitrogens with zero attached hydrogens (tertiary/aromatic N) is 1. The van der Waals surface area contributed by atoms with E-state index in [0.717, 1.165) is 12.1 Å². The first-order chi connectivity index (χ1) is 11.5. The summed E-state index contributed by atoms with van der Waals surface area (Å²) in [4.78, 5) is 25.4. The van der Waals surface area contributed by atoms with E-state index in [2.05, 4.69) is 5.32 Å². The first-order valence-electron chi connectivity index (χ1n) is 7.29. The van der Waals surface area contributed by atoms with Crippen LogP contribution in [0.15, 0.2) is 42.5 Å². The van der Waals surface area contributed by atoms with Crippen LogP contribution in [0.25, 0.3) is 0 Å². The fourth-order valence-corrected chi connectivity index (χ4v) is 2.36. The molecule has 2 aromatic rings. The maximum atomic E-state index is 13.2. The van der Waals surface area contributed by atoms with E-state index in [1.165, 1.54) is 6.07 Å². The van der Waals surface area contributed by atoms with Crippen molar-refractivity contribution in [3.05, 3.63) is 59.7 Å². The van der Waals surface area contributed by atoms with E-state index in [-0.39, 0.29) is 18.1 Å². The van der Waals surface area contributed by atoms with E-state index < -0.39 is 17.5 Å². The average molecular weight is 332 g/mol. The zero-order chi connectivity index (χ0) is 17.1. The second-order valence-corrected chi connectivity index (χ2v) is 5.23. The Balaban J connectivity index is 1.70. The van der Waals surface area contributed by atoms with Crippen LogP contribution < -0.4 is 10.2 Å². The molecule has 124 valence electrons. The normalized spacial score (nSPS) is 14.6.